The van der Waals surface area contributed by atoms with E-state index in [1.54, 1.807) is 61.7 Å². The Morgan fingerprint density at radius 2 is 1.60 bits per heavy atom. The van der Waals surface area contributed by atoms with E-state index >= 15 is 4.79 Å². The number of carbonyl (C=O) groups excluding carboxylic acids is 4. The van der Waals surface area contributed by atoms with Crippen LogP contribution < -0.4 is 14.9 Å². The number of amides is 4. The number of nitrogens with one attached hydrogen (secondary N) is 1. The van der Waals surface area contributed by atoms with E-state index in [9.17, 15) is 19.5 Å². The van der Waals surface area contributed by atoms with Crippen molar-refractivity contribution in [3.05, 3.63) is 93.5 Å². The first kappa shape index (κ1) is 34.5. The van der Waals surface area contributed by atoms with Crippen LogP contribution in [0.3, 0.4) is 0 Å². The van der Waals surface area contributed by atoms with Gasteiger partial charge in [0.1, 0.15) is 5.75 Å². The molecule has 8 rings (SSSR count). The Bertz CT molecular complexity index is 2010. The number of ether oxygens (including phenoxy) is 2. The van der Waals surface area contributed by atoms with Gasteiger partial charge in [-0.05, 0) is 85.2 Å². The SMILES string of the molecule is COc1ccc([C@@]23C(=O)N(Nc4ccc(Cl)cc4Cl)C(=O)[C@@H]2C[C@@H]2C(=CC[C@@H]4C(=O)N(C5CCCCC5)C(=O)[C@@H]42)[C@@H]3c2ccc(OC)c(O)c2)cc1. The number of imide groups is 2. The molecule has 2 N–H and O–H groups in total. The number of hydrogen-bond donors (Lipinski definition) is 2. The van der Waals surface area contributed by atoms with Crippen molar-refractivity contribution in [1.82, 2.24) is 9.91 Å². The molecule has 2 aliphatic heterocycles. The quantitative estimate of drug-likeness (QED) is 0.195. The predicted molar refractivity (Wildman–Crippen MR) is 194 cm³/mol. The molecule has 12 heteroatoms. The Morgan fingerprint density at radius 3 is 2.27 bits per heavy atom. The number of likely N-dealkylation sites (tertiary alicyclic amines) is 1. The number of benzene rings is 3. The topological polar surface area (TPSA) is 125 Å². The molecule has 0 unspecified atom stereocenters. The Kier molecular flexibility index (Phi) is 8.73. The molecule has 3 aromatic rings. The summed E-state index contributed by atoms with van der Waals surface area (Å²) in [6.45, 7) is 0. The first-order chi connectivity index (χ1) is 25.1. The number of phenols is 1. The van der Waals surface area contributed by atoms with Gasteiger partial charge in [-0.3, -0.25) is 29.5 Å². The third-order valence-electron chi connectivity index (χ3n) is 12.1. The first-order valence-electron chi connectivity index (χ1n) is 17.8. The Balaban J connectivity index is 1.32. The van der Waals surface area contributed by atoms with Crippen molar-refractivity contribution in [1.29, 1.82) is 0 Å². The molecule has 0 radical (unpaired) electrons. The lowest BCUT2D eigenvalue weighted by Crippen LogP contribution is -2.53. The number of aromatic hydroxyl groups is 1. The summed E-state index contributed by atoms with van der Waals surface area (Å²) >= 11 is 12.7. The van der Waals surface area contributed by atoms with Crippen molar-refractivity contribution in [2.24, 2.45) is 23.7 Å². The number of nitrogens with zero attached hydrogens (tertiary/aromatic N) is 2. The molecule has 5 aliphatic rings. The zero-order valence-electron chi connectivity index (χ0n) is 28.8. The number of hydrazine groups is 1. The summed E-state index contributed by atoms with van der Waals surface area (Å²) in [6, 6.07) is 16.7. The maximum atomic E-state index is 15.4. The van der Waals surface area contributed by atoms with Crippen molar-refractivity contribution < 1.29 is 33.8 Å². The fourth-order valence-corrected chi connectivity index (χ4v) is 10.3. The highest BCUT2D eigenvalue weighted by Gasteiger charge is 2.70. The molecule has 6 atom stereocenters. The lowest BCUT2D eigenvalue weighted by atomic mass is 9.49. The first-order valence-corrected chi connectivity index (χ1v) is 18.5. The van der Waals surface area contributed by atoms with E-state index in [1.165, 1.54) is 18.1 Å². The maximum Gasteiger partial charge on any atom is 0.260 e. The van der Waals surface area contributed by atoms with E-state index in [0.29, 0.717) is 34.0 Å². The Hall–Kier alpha value is -4.54. The number of allylic oxidation sites excluding steroid dienone is 2. The molecule has 0 spiro atoms. The lowest BCUT2D eigenvalue weighted by molar-refractivity contribution is -0.144. The largest absolute Gasteiger partial charge is 0.504 e. The summed E-state index contributed by atoms with van der Waals surface area (Å²) in [5, 5.41) is 12.8. The summed E-state index contributed by atoms with van der Waals surface area (Å²) < 4.78 is 10.9. The van der Waals surface area contributed by atoms with Crippen LogP contribution in [0.2, 0.25) is 10.0 Å². The van der Waals surface area contributed by atoms with Gasteiger partial charge in [-0.1, -0.05) is 72.3 Å². The number of fused-ring (bicyclic) bond motifs is 4. The highest BCUT2D eigenvalue weighted by atomic mass is 35.5. The van der Waals surface area contributed by atoms with Crippen molar-refractivity contribution >= 4 is 52.5 Å². The minimum Gasteiger partial charge on any atom is -0.504 e. The molecule has 0 aromatic heterocycles. The van der Waals surface area contributed by atoms with Gasteiger partial charge in [-0.2, -0.15) is 5.01 Å². The number of anilines is 1. The summed E-state index contributed by atoms with van der Waals surface area (Å²) in [7, 11) is 3.01. The van der Waals surface area contributed by atoms with Crippen LogP contribution in [0.15, 0.2) is 72.3 Å². The second-order valence-corrected chi connectivity index (χ2v) is 15.3. The van der Waals surface area contributed by atoms with E-state index in [4.69, 9.17) is 32.7 Å². The molecule has 2 saturated heterocycles. The molecule has 10 nitrogen and oxygen atoms in total. The van der Waals surface area contributed by atoms with Crippen LogP contribution in [-0.2, 0) is 24.6 Å². The highest BCUT2D eigenvalue weighted by molar-refractivity contribution is 6.36. The van der Waals surface area contributed by atoms with E-state index in [-0.39, 0.29) is 40.8 Å². The smallest absolute Gasteiger partial charge is 0.260 e. The van der Waals surface area contributed by atoms with Crippen LogP contribution in [-0.4, -0.2) is 58.9 Å². The molecule has 270 valence electrons. The molecule has 4 fully saturated rings. The average molecular weight is 745 g/mol. The van der Waals surface area contributed by atoms with Gasteiger partial charge in [0, 0.05) is 17.0 Å². The fraction of sp³-hybridized carbons (Fsp3) is 0.400. The predicted octanol–water partition coefficient (Wildman–Crippen LogP) is 7.03. The Labute approximate surface area is 311 Å². The van der Waals surface area contributed by atoms with Crippen molar-refractivity contribution in [3.63, 3.8) is 0 Å². The number of halogens is 2. The average Bonchev–Trinajstić information content (AvgIpc) is 3.53. The third-order valence-corrected chi connectivity index (χ3v) is 12.6. The minimum atomic E-state index is -1.53. The van der Waals surface area contributed by atoms with Gasteiger partial charge in [0.05, 0.1) is 48.1 Å². The molecule has 3 aromatic carbocycles. The van der Waals surface area contributed by atoms with Crippen molar-refractivity contribution in [2.75, 3.05) is 19.6 Å². The van der Waals surface area contributed by atoms with Gasteiger partial charge >= 0.3 is 0 Å². The maximum absolute atomic E-state index is 15.4. The molecule has 52 heavy (non-hydrogen) atoms. The molecule has 2 saturated carbocycles. The van der Waals surface area contributed by atoms with Crippen molar-refractivity contribution in [2.45, 2.75) is 62.3 Å². The minimum absolute atomic E-state index is 0.127. The van der Waals surface area contributed by atoms with Crippen LogP contribution in [0.5, 0.6) is 17.2 Å². The standard InChI is InChI=1S/C40H39Cl2N3O7/c1-51-25-12-9-22(10-13-25)40-29(37(48)45(39(40)50)43-31-16-11-23(41)19-30(31)42)20-28-26(35(40)21-8-17-33(52-2)32(46)18-21)14-15-27-34(28)38(49)44(36(27)47)24-6-4-3-5-7-24/h8-14,16-19,24,27-29,34-35,43,46H,3-7,15,20H2,1-2H3/t27-,28+,29-,34-,35-,40+/m0/s1. The van der Waals surface area contributed by atoms with Crippen LogP contribution in [0.4, 0.5) is 5.69 Å². The number of carbonyl (C=O) groups is 4. The second kappa shape index (κ2) is 13.1. The monoisotopic (exact) mass is 743 g/mol. The fourth-order valence-electron chi connectivity index (χ4n) is 9.83. The lowest BCUT2D eigenvalue weighted by Gasteiger charge is -2.50. The van der Waals surface area contributed by atoms with E-state index in [2.05, 4.69) is 5.43 Å². The van der Waals surface area contributed by atoms with Crippen LogP contribution in [0, 0.1) is 23.7 Å². The number of rotatable bonds is 7. The van der Waals surface area contributed by atoms with Gasteiger partial charge < -0.3 is 14.6 Å². The summed E-state index contributed by atoms with van der Waals surface area (Å²) in [6.07, 6.45) is 7.11. The summed E-state index contributed by atoms with van der Waals surface area (Å²) in [5.41, 5.74) is 3.74. The highest BCUT2D eigenvalue weighted by Crippen LogP contribution is 2.64. The van der Waals surface area contributed by atoms with Crippen molar-refractivity contribution in [3.8, 4) is 17.2 Å². The molecule has 3 aliphatic carbocycles. The van der Waals surface area contributed by atoms with E-state index < -0.39 is 46.8 Å². The molecule has 2 heterocycles. The zero-order chi connectivity index (χ0) is 36.5. The van der Waals surface area contributed by atoms with E-state index in [0.717, 1.165) is 42.7 Å². The third kappa shape index (κ3) is 5.12. The molecule has 0 bridgehead atoms. The molecular weight excluding hydrogens is 705 g/mol. The molecular formula is C40H39Cl2N3O7. The van der Waals surface area contributed by atoms with E-state index in [1.807, 2.05) is 6.08 Å². The van der Waals surface area contributed by atoms with Gasteiger partial charge in [0.25, 0.3) is 11.8 Å². The van der Waals surface area contributed by atoms with Crippen LogP contribution in [0.25, 0.3) is 0 Å². The summed E-state index contributed by atoms with van der Waals surface area (Å²) in [4.78, 5) is 60.4. The number of methoxy groups -OCH3 is 2. The second-order valence-electron chi connectivity index (χ2n) is 14.5. The van der Waals surface area contributed by atoms with Gasteiger partial charge in [-0.25, -0.2) is 0 Å². The van der Waals surface area contributed by atoms with Crippen LogP contribution >= 0.6 is 23.2 Å². The number of phenolic OH excluding ortho intramolecular Hbond substituents is 1. The van der Waals surface area contributed by atoms with Gasteiger partial charge in [0.2, 0.25) is 11.8 Å². The zero-order valence-corrected chi connectivity index (χ0v) is 30.3. The van der Waals surface area contributed by atoms with Crippen LogP contribution in [0.1, 0.15) is 62.0 Å². The van der Waals surface area contributed by atoms with Gasteiger partial charge in [-0.15, -0.1) is 0 Å². The normalized spacial score (nSPS) is 28.7. The molecule has 4 amide bonds. The Morgan fingerprint density at radius 1 is 0.846 bits per heavy atom. The van der Waals surface area contributed by atoms with Gasteiger partial charge in [0.15, 0.2) is 11.5 Å². The number of hydrogen-bond acceptors (Lipinski definition) is 8. The summed E-state index contributed by atoms with van der Waals surface area (Å²) in [5.74, 6) is -4.15.